The first-order chi connectivity index (χ1) is 7.06. The number of carboxylic acid groups (broad SMARTS) is 1. The standard InChI is InChI=1S/C11H10ClFO2/c1-2-9(10(13)11(14)15)7-3-5-8(12)6-4-7/h3-6H,2H2,1H3,(H,14,15). The van der Waals surface area contributed by atoms with E-state index >= 15 is 0 Å². The van der Waals surface area contributed by atoms with Crippen molar-refractivity contribution in [3.05, 3.63) is 40.7 Å². The Hall–Kier alpha value is -1.35. The van der Waals surface area contributed by atoms with Crippen LogP contribution < -0.4 is 0 Å². The molecule has 0 radical (unpaired) electrons. The lowest BCUT2D eigenvalue weighted by Gasteiger charge is -2.05. The highest BCUT2D eigenvalue weighted by atomic mass is 35.5. The molecule has 0 amide bonds. The molecule has 2 nitrogen and oxygen atoms in total. The van der Waals surface area contributed by atoms with E-state index in [4.69, 9.17) is 16.7 Å². The SMILES string of the molecule is CCC(=C(F)C(=O)O)c1ccc(Cl)cc1. The van der Waals surface area contributed by atoms with Gasteiger partial charge in [-0.2, -0.15) is 4.39 Å². The predicted molar refractivity (Wildman–Crippen MR) is 57.4 cm³/mol. The molecule has 0 heterocycles. The number of rotatable bonds is 3. The first-order valence-electron chi connectivity index (χ1n) is 4.44. The Morgan fingerprint density at radius 2 is 1.93 bits per heavy atom. The molecule has 0 aliphatic carbocycles. The topological polar surface area (TPSA) is 37.3 Å². The van der Waals surface area contributed by atoms with E-state index in [1.165, 1.54) is 0 Å². The third kappa shape index (κ3) is 2.80. The summed E-state index contributed by atoms with van der Waals surface area (Å²) in [4.78, 5) is 10.5. The van der Waals surface area contributed by atoms with Crippen molar-refractivity contribution in [2.24, 2.45) is 0 Å². The number of hydrogen-bond donors (Lipinski definition) is 1. The Kier molecular flexibility index (Phi) is 3.86. The van der Waals surface area contributed by atoms with Crippen molar-refractivity contribution >= 4 is 23.1 Å². The van der Waals surface area contributed by atoms with E-state index in [0.717, 1.165) is 0 Å². The van der Waals surface area contributed by atoms with Crippen LogP contribution in [0.15, 0.2) is 30.1 Å². The molecule has 0 spiro atoms. The second-order valence-electron chi connectivity index (χ2n) is 2.96. The van der Waals surface area contributed by atoms with Crippen molar-refractivity contribution in [2.45, 2.75) is 13.3 Å². The fraction of sp³-hybridized carbons (Fsp3) is 0.182. The van der Waals surface area contributed by atoms with Gasteiger partial charge in [0, 0.05) is 10.6 Å². The van der Waals surface area contributed by atoms with Gasteiger partial charge in [-0.15, -0.1) is 0 Å². The van der Waals surface area contributed by atoms with E-state index in [1.54, 1.807) is 31.2 Å². The van der Waals surface area contributed by atoms with Gasteiger partial charge in [-0.05, 0) is 24.1 Å². The molecule has 15 heavy (non-hydrogen) atoms. The normalized spacial score (nSPS) is 12.2. The van der Waals surface area contributed by atoms with Gasteiger partial charge >= 0.3 is 5.97 Å². The summed E-state index contributed by atoms with van der Waals surface area (Å²) in [5, 5.41) is 9.07. The van der Waals surface area contributed by atoms with Gasteiger partial charge in [0.15, 0.2) is 0 Å². The Morgan fingerprint density at radius 1 is 1.40 bits per heavy atom. The molecule has 0 saturated carbocycles. The zero-order valence-corrected chi connectivity index (χ0v) is 8.88. The zero-order chi connectivity index (χ0) is 11.4. The Balaban J connectivity index is 3.19. The van der Waals surface area contributed by atoms with Crippen LogP contribution >= 0.6 is 11.6 Å². The van der Waals surface area contributed by atoms with Crippen molar-refractivity contribution in [3.8, 4) is 0 Å². The number of benzene rings is 1. The second kappa shape index (κ2) is 4.94. The molecule has 1 N–H and O–H groups in total. The molecule has 80 valence electrons. The molecule has 0 aromatic heterocycles. The van der Waals surface area contributed by atoms with Crippen LogP contribution in [0.4, 0.5) is 4.39 Å². The first kappa shape index (κ1) is 11.7. The van der Waals surface area contributed by atoms with Crippen molar-refractivity contribution < 1.29 is 14.3 Å². The van der Waals surface area contributed by atoms with E-state index in [0.29, 0.717) is 17.0 Å². The van der Waals surface area contributed by atoms with E-state index in [1.807, 2.05) is 0 Å². The van der Waals surface area contributed by atoms with E-state index < -0.39 is 11.8 Å². The molecular formula is C11H10ClFO2. The van der Waals surface area contributed by atoms with Gasteiger partial charge in [-0.3, -0.25) is 0 Å². The summed E-state index contributed by atoms with van der Waals surface area (Å²) in [5.41, 5.74) is 0.723. The summed E-state index contributed by atoms with van der Waals surface area (Å²) in [6, 6.07) is 6.40. The smallest absolute Gasteiger partial charge is 0.365 e. The number of aliphatic carboxylic acids is 1. The van der Waals surface area contributed by atoms with Crippen molar-refractivity contribution in [2.75, 3.05) is 0 Å². The van der Waals surface area contributed by atoms with E-state index in [9.17, 15) is 9.18 Å². The first-order valence-corrected chi connectivity index (χ1v) is 4.82. The highest BCUT2D eigenvalue weighted by Crippen LogP contribution is 2.24. The van der Waals surface area contributed by atoms with E-state index in [2.05, 4.69) is 0 Å². The predicted octanol–water partition coefficient (Wildman–Crippen LogP) is 3.52. The average molecular weight is 229 g/mol. The summed E-state index contributed by atoms with van der Waals surface area (Å²) in [6.07, 6.45) is 0.319. The van der Waals surface area contributed by atoms with Crippen molar-refractivity contribution in [3.63, 3.8) is 0 Å². The number of hydrogen-bond acceptors (Lipinski definition) is 1. The fourth-order valence-corrected chi connectivity index (χ4v) is 1.39. The quantitative estimate of drug-likeness (QED) is 0.804. The summed E-state index contributed by atoms with van der Waals surface area (Å²) in [5.74, 6) is -2.65. The van der Waals surface area contributed by atoms with Crippen LogP contribution in [0.25, 0.3) is 5.57 Å². The average Bonchev–Trinajstić information content (AvgIpc) is 2.21. The molecular weight excluding hydrogens is 219 g/mol. The van der Waals surface area contributed by atoms with Crippen LogP contribution in [0.3, 0.4) is 0 Å². The summed E-state index contributed by atoms with van der Waals surface area (Å²) in [6.45, 7) is 1.70. The summed E-state index contributed by atoms with van der Waals surface area (Å²) >= 11 is 5.68. The van der Waals surface area contributed by atoms with Gasteiger partial charge in [-0.25, -0.2) is 4.79 Å². The molecule has 0 aliphatic heterocycles. The lowest BCUT2D eigenvalue weighted by atomic mass is 10.0. The molecule has 1 aromatic carbocycles. The van der Waals surface area contributed by atoms with E-state index in [-0.39, 0.29) is 5.57 Å². The lowest BCUT2D eigenvalue weighted by molar-refractivity contribution is -0.134. The number of carbonyl (C=O) groups is 1. The third-order valence-electron chi connectivity index (χ3n) is 2.00. The molecule has 0 aliphatic rings. The largest absolute Gasteiger partial charge is 0.476 e. The molecule has 0 saturated heterocycles. The van der Waals surface area contributed by atoms with Crippen LogP contribution in [0.5, 0.6) is 0 Å². The molecule has 0 fully saturated rings. The molecule has 0 atom stereocenters. The minimum atomic E-state index is -1.54. The van der Waals surface area contributed by atoms with Crippen molar-refractivity contribution in [1.82, 2.24) is 0 Å². The van der Waals surface area contributed by atoms with Gasteiger partial charge in [-0.1, -0.05) is 30.7 Å². The van der Waals surface area contributed by atoms with Crippen LogP contribution in [0, 0.1) is 0 Å². The highest BCUT2D eigenvalue weighted by Gasteiger charge is 2.13. The molecule has 4 heteroatoms. The van der Waals surface area contributed by atoms with Crippen LogP contribution in [0.2, 0.25) is 5.02 Å². The Labute approximate surface area is 92.0 Å². The second-order valence-corrected chi connectivity index (χ2v) is 3.39. The van der Waals surface area contributed by atoms with Crippen LogP contribution in [0.1, 0.15) is 18.9 Å². The van der Waals surface area contributed by atoms with Gasteiger partial charge in [0.05, 0.1) is 0 Å². The monoisotopic (exact) mass is 228 g/mol. The lowest BCUT2D eigenvalue weighted by Crippen LogP contribution is -1.99. The fourth-order valence-electron chi connectivity index (χ4n) is 1.27. The minimum absolute atomic E-state index is 0.180. The Bertz CT molecular complexity index is 396. The van der Waals surface area contributed by atoms with Gasteiger partial charge in [0.2, 0.25) is 5.83 Å². The third-order valence-corrected chi connectivity index (χ3v) is 2.25. The van der Waals surface area contributed by atoms with Gasteiger partial charge < -0.3 is 5.11 Å². The number of halogens is 2. The zero-order valence-electron chi connectivity index (χ0n) is 8.13. The molecule has 0 bridgehead atoms. The molecule has 1 rings (SSSR count). The molecule has 0 unspecified atom stereocenters. The summed E-state index contributed by atoms with van der Waals surface area (Å²) in [7, 11) is 0. The van der Waals surface area contributed by atoms with Crippen LogP contribution in [-0.2, 0) is 4.79 Å². The number of carboxylic acids is 1. The maximum Gasteiger partial charge on any atom is 0.365 e. The summed E-state index contributed by atoms with van der Waals surface area (Å²) < 4.78 is 13.2. The van der Waals surface area contributed by atoms with Gasteiger partial charge in [0.25, 0.3) is 0 Å². The van der Waals surface area contributed by atoms with Crippen LogP contribution in [-0.4, -0.2) is 11.1 Å². The maximum absolute atomic E-state index is 13.2. The Morgan fingerprint density at radius 3 is 2.33 bits per heavy atom. The maximum atomic E-state index is 13.2. The van der Waals surface area contributed by atoms with Gasteiger partial charge in [0.1, 0.15) is 0 Å². The minimum Gasteiger partial charge on any atom is -0.476 e. The molecule has 1 aromatic rings. The number of allylic oxidation sites excluding steroid dienone is 1. The van der Waals surface area contributed by atoms with Crippen molar-refractivity contribution in [1.29, 1.82) is 0 Å². The highest BCUT2D eigenvalue weighted by molar-refractivity contribution is 6.30.